The van der Waals surface area contributed by atoms with Gasteiger partial charge in [0.25, 0.3) is 5.91 Å². The van der Waals surface area contributed by atoms with Crippen molar-refractivity contribution in [3.8, 4) is 28.2 Å². The molecule has 38 heavy (non-hydrogen) atoms. The Morgan fingerprint density at radius 1 is 0.974 bits per heavy atom. The Kier molecular flexibility index (Phi) is 7.93. The van der Waals surface area contributed by atoms with E-state index in [2.05, 4.69) is 10.3 Å². The van der Waals surface area contributed by atoms with E-state index in [1.54, 1.807) is 73.0 Å². The molecular weight excluding hydrogens is 569 g/mol. The van der Waals surface area contributed by atoms with Gasteiger partial charge < -0.3 is 10.4 Å². The highest BCUT2D eigenvalue weighted by atomic mass is 35.5. The third-order valence-corrected chi connectivity index (χ3v) is 7.65. The number of aromatic nitrogens is 2. The lowest BCUT2D eigenvalue weighted by Gasteiger charge is -2.16. The third-order valence-electron chi connectivity index (χ3n) is 5.61. The van der Waals surface area contributed by atoms with Crippen LogP contribution in [0.5, 0.6) is 0 Å². The van der Waals surface area contributed by atoms with Crippen LogP contribution in [-0.2, 0) is 9.84 Å². The quantitative estimate of drug-likeness (QED) is 0.271. The molecule has 3 aromatic carbocycles. The van der Waals surface area contributed by atoms with Crippen LogP contribution in [0.1, 0.15) is 24.3 Å². The van der Waals surface area contributed by atoms with Crippen LogP contribution in [0.25, 0.3) is 28.2 Å². The fourth-order valence-electron chi connectivity index (χ4n) is 3.74. The van der Waals surface area contributed by atoms with Crippen molar-refractivity contribution in [2.45, 2.75) is 24.3 Å². The topological polar surface area (TPSA) is 101 Å². The molecule has 0 saturated heterocycles. The first-order chi connectivity index (χ1) is 17.7. The highest BCUT2D eigenvalue weighted by molar-refractivity contribution is 7.90. The number of halogens is 3. The molecule has 2 N–H and O–H groups in total. The molecule has 0 atom stereocenters. The number of carbonyl (C=O) groups is 1. The number of rotatable bonds is 7. The summed E-state index contributed by atoms with van der Waals surface area (Å²) in [5.74, 6) is -0.205. The third kappa shape index (κ3) is 6.22. The lowest BCUT2D eigenvalue weighted by molar-refractivity contribution is 0.0692. The van der Waals surface area contributed by atoms with Gasteiger partial charge >= 0.3 is 0 Å². The number of amides is 1. The van der Waals surface area contributed by atoms with Crippen molar-refractivity contribution in [2.75, 3.05) is 12.8 Å². The van der Waals surface area contributed by atoms with Gasteiger partial charge in [-0.3, -0.25) is 9.36 Å². The van der Waals surface area contributed by atoms with Crippen molar-refractivity contribution >= 4 is 50.5 Å². The molecule has 1 amide bonds. The molecule has 0 aliphatic carbocycles. The van der Waals surface area contributed by atoms with Crippen LogP contribution in [0.15, 0.2) is 71.8 Å². The second kappa shape index (κ2) is 10.7. The van der Waals surface area contributed by atoms with Gasteiger partial charge in [0.2, 0.25) is 0 Å². The van der Waals surface area contributed by atoms with Gasteiger partial charge in [0.1, 0.15) is 11.5 Å². The van der Waals surface area contributed by atoms with Gasteiger partial charge in [0, 0.05) is 19.0 Å². The Labute approximate surface area is 235 Å². The Hall–Kier alpha value is -2.88. The van der Waals surface area contributed by atoms with Gasteiger partial charge in [-0.15, -0.1) is 0 Å². The van der Waals surface area contributed by atoms with Crippen LogP contribution in [0.3, 0.4) is 0 Å². The first-order valence-corrected chi connectivity index (χ1v) is 14.4. The van der Waals surface area contributed by atoms with E-state index in [4.69, 9.17) is 34.8 Å². The summed E-state index contributed by atoms with van der Waals surface area (Å²) in [6.07, 6.45) is 2.66. The summed E-state index contributed by atoms with van der Waals surface area (Å²) in [7, 11) is -3.38. The summed E-state index contributed by atoms with van der Waals surface area (Å²) in [6, 6.07) is 16.8. The van der Waals surface area contributed by atoms with Crippen LogP contribution in [-0.4, -0.2) is 47.4 Å². The van der Waals surface area contributed by atoms with Crippen LogP contribution in [0, 0.1) is 0 Å². The summed E-state index contributed by atoms with van der Waals surface area (Å²) in [5.41, 5.74) is 1.24. The van der Waals surface area contributed by atoms with Crippen LogP contribution >= 0.6 is 34.8 Å². The molecule has 4 aromatic rings. The summed E-state index contributed by atoms with van der Waals surface area (Å²) in [4.78, 5) is 17.6. The molecule has 0 fully saturated rings. The van der Waals surface area contributed by atoms with Crippen molar-refractivity contribution in [3.63, 3.8) is 0 Å². The molecule has 0 unspecified atom stereocenters. The summed E-state index contributed by atoms with van der Waals surface area (Å²) >= 11 is 19.7. The largest absolute Gasteiger partial charge is 0.389 e. The number of hydrogen-bond donors (Lipinski definition) is 2. The molecule has 0 radical (unpaired) electrons. The fourth-order valence-corrected chi connectivity index (χ4v) is 5.24. The van der Waals surface area contributed by atoms with E-state index in [9.17, 15) is 18.3 Å². The van der Waals surface area contributed by atoms with Gasteiger partial charge in [-0.25, -0.2) is 13.4 Å². The maximum Gasteiger partial charge on any atom is 0.271 e. The zero-order chi connectivity index (χ0) is 27.8. The molecular formula is C27H24Cl3N3O4S. The van der Waals surface area contributed by atoms with Gasteiger partial charge in [0.05, 0.1) is 36.8 Å². The second-order valence-corrected chi connectivity index (χ2v) is 12.6. The van der Waals surface area contributed by atoms with Crippen molar-refractivity contribution in [1.29, 1.82) is 0 Å². The van der Waals surface area contributed by atoms with Crippen molar-refractivity contribution < 1.29 is 18.3 Å². The number of benzene rings is 3. The van der Waals surface area contributed by atoms with Gasteiger partial charge in [-0.05, 0) is 61.4 Å². The Bertz CT molecular complexity index is 1620. The molecule has 0 saturated carbocycles. The predicted molar refractivity (Wildman–Crippen MR) is 151 cm³/mol. The lowest BCUT2D eigenvalue weighted by atomic mass is 10.1. The minimum atomic E-state index is -3.38. The number of imidazole rings is 1. The lowest BCUT2D eigenvalue weighted by Crippen LogP contribution is -2.38. The van der Waals surface area contributed by atoms with E-state index in [0.717, 1.165) is 6.26 Å². The van der Waals surface area contributed by atoms with E-state index in [1.807, 2.05) is 0 Å². The zero-order valence-corrected chi connectivity index (χ0v) is 23.8. The number of aliphatic hydroxyl groups is 1. The summed E-state index contributed by atoms with van der Waals surface area (Å²) in [6.45, 7) is 3.17. The highest BCUT2D eigenvalue weighted by Gasteiger charge is 2.23. The van der Waals surface area contributed by atoms with Crippen LogP contribution < -0.4 is 5.32 Å². The fraction of sp³-hybridized carbons (Fsp3) is 0.185. The monoisotopic (exact) mass is 591 g/mol. The summed E-state index contributed by atoms with van der Waals surface area (Å²) < 4.78 is 25.6. The van der Waals surface area contributed by atoms with E-state index < -0.39 is 21.3 Å². The van der Waals surface area contributed by atoms with E-state index in [0.29, 0.717) is 43.3 Å². The van der Waals surface area contributed by atoms with E-state index in [-0.39, 0.29) is 17.1 Å². The predicted octanol–water partition coefficient (Wildman–Crippen LogP) is 6.07. The van der Waals surface area contributed by atoms with Crippen molar-refractivity contribution in [1.82, 2.24) is 14.9 Å². The number of carbonyl (C=O) groups excluding carboxylic acids is 1. The van der Waals surface area contributed by atoms with E-state index in [1.165, 1.54) is 12.3 Å². The van der Waals surface area contributed by atoms with Crippen LogP contribution in [0.2, 0.25) is 15.1 Å². The van der Waals surface area contributed by atoms with Gasteiger partial charge in [-0.1, -0.05) is 59.1 Å². The molecule has 4 rings (SSSR count). The van der Waals surface area contributed by atoms with Crippen molar-refractivity contribution in [2.24, 2.45) is 0 Å². The van der Waals surface area contributed by atoms with Crippen LogP contribution in [0.4, 0.5) is 0 Å². The molecule has 198 valence electrons. The number of nitrogens with zero attached hydrogens (tertiary/aromatic N) is 2. The normalized spacial score (nSPS) is 12.0. The molecule has 0 spiro atoms. The first-order valence-electron chi connectivity index (χ1n) is 11.4. The molecule has 0 aliphatic heterocycles. The standard InChI is InChI=1S/C27H24Cl3N3O4S/c1-27(2,35)15-31-26(34)22-14-33(25(32-22)24-19(28)8-5-9-20(24)29)23-11-10-17(13-21(23)30)16-6-4-7-18(12-16)38(3,36)37/h4-14,35H,15H2,1-3H3,(H,31,34). The molecule has 0 bridgehead atoms. The first kappa shape index (κ1) is 28.1. The molecule has 1 aromatic heterocycles. The SMILES string of the molecule is CC(C)(O)CNC(=O)c1cn(-c2ccc(-c3cccc(S(C)(=O)=O)c3)cc2Cl)c(-c2c(Cl)cccc2Cl)n1. The minimum Gasteiger partial charge on any atom is -0.389 e. The second-order valence-electron chi connectivity index (χ2n) is 9.38. The average Bonchev–Trinajstić information content (AvgIpc) is 3.26. The van der Waals surface area contributed by atoms with Crippen molar-refractivity contribution in [3.05, 3.63) is 87.6 Å². The number of sulfone groups is 1. The van der Waals surface area contributed by atoms with Gasteiger partial charge in [-0.2, -0.15) is 0 Å². The molecule has 0 aliphatic rings. The molecule has 1 heterocycles. The Morgan fingerprint density at radius 3 is 2.21 bits per heavy atom. The minimum absolute atomic E-state index is 0.0167. The van der Waals surface area contributed by atoms with E-state index >= 15 is 0 Å². The average molecular weight is 593 g/mol. The maximum atomic E-state index is 12.9. The van der Waals surface area contributed by atoms with Gasteiger partial charge in [0.15, 0.2) is 9.84 Å². The number of hydrogen-bond acceptors (Lipinski definition) is 5. The Morgan fingerprint density at radius 2 is 1.61 bits per heavy atom. The highest BCUT2D eigenvalue weighted by Crippen LogP contribution is 2.37. The summed E-state index contributed by atoms with van der Waals surface area (Å²) in [5, 5.41) is 13.6. The molecule has 7 nitrogen and oxygen atoms in total. The molecule has 11 heteroatoms. The zero-order valence-electron chi connectivity index (χ0n) is 20.7. The maximum absolute atomic E-state index is 12.9. The Balaban J connectivity index is 1.83. The number of nitrogens with one attached hydrogen (secondary N) is 1. The smallest absolute Gasteiger partial charge is 0.271 e.